The molecule has 0 atom stereocenters. The Morgan fingerprint density at radius 3 is 2.83 bits per heavy atom. The lowest BCUT2D eigenvalue weighted by atomic mass is 10.2. The van der Waals surface area contributed by atoms with Crippen molar-refractivity contribution in [2.24, 2.45) is 0 Å². The first kappa shape index (κ1) is 8.45. The van der Waals surface area contributed by atoms with Gasteiger partial charge in [-0.15, -0.1) is 0 Å². The Morgan fingerprint density at radius 1 is 1.75 bits per heavy atom. The lowest BCUT2D eigenvalue weighted by Gasteiger charge is -2.01. The van der Waals surface area contributed by atoms with Gasteiger partial charge in [-0.25, -0.2) is 14.2 Å². The number of carboxylic acid groups (broad SMARTS) is 1. The number of aryl methyl sites for hydroxylation is 1. The van der Waals surface area contributed by atoms with Crippen molar-refractivity contribution in [3.05, 3.63) is 23.3 Å². The highest BCUT2D eigenvalue weighted by molar-refractivity contribution is 5.86. The number of nitrogens with zero attached hydrogens (tertiary/aromatic N) is 1. The average molecular weight is 170 g/mol. The maximum atomic E-state index is 12.9. The predicted octanol–water partition coefficient (Wildman–Crippen LogP) is 0.810. The first-order chi connectivity index (χ1) is 5.52. The molecule has 64 valence electrons. The van der Waals surface area contributed by atoms with Gasteiger partial charge in [0, 0.05) is 5.69 Å². The summed E-state index contributed by atoms with van der Waals surface area (Å²) in [6.07, 6.45) is 0. The zero-order chi connectivity index (χ0) is 9.30. The number of carboxylic acids is 1. The summed E-state index contributed by atoms with van der Waals surface area (Å²) in [5.74, 6) is -2.39. The van der Waals surface area contributed by atoms with Crippen LogP contribution in [0.15, 0.2) is 6.07 Å². The average Bonchev–Trinajstić information content (AvgIpc) is 1.96. The van der Waals surface area contributed by atoms with E-state index in [1.165, 1.54) is 6.07 Å². The van der Waals surface area contributed by atoms with Gasteiger partial charge in [-0.2, -0.15) is 0 Å². The van der Waals surface area contributed by atoms with Gasteiger partial charge in [-0.3, -0.25) is 0 Å². The van der Waals surface area contributed by atoms with Crippen molar-refractivity contribution in [2.75, 3.05) is 5.73 Å². The molecule has 0 aliphatic carbocycles. The molecule has 0 saturated carbocycles. The molecule has 0 amide bonds. The van der Waals surface area contributed by atoms with E-state index in [-0.39, 0.29) is 5.69 Å². The van der Waals surface area contributed by atoms with Crippen LogP contribution in [-0.4, -0.2) is 16.1 Å². The number of pyridine rings is 1. The van der Waals surface area contributed by atoms with Crippen LogP contribution in [0.2, 0.25) is 0 Å². The number of aromatic carboxylic acids is 1. The van der Waals surface area contributed by atoms with Gasteiger partial charge < -0.3 is 10.8 Å². The Hall–Kier alpha value is -1.65. The van der Waals surface area contributed by atoms with E-state index in [0.717, 1.165) is 0 Å². The maximum Gasteiger partial charge on any atom is 0.357 e. The molecule has 1 heterocycles. The molecule has 4 nitrogen and oxygen atoms in total. The van der Waals surface area contributed by atoms with E-state index in [1.807, 2.05) is 0 Å². The summed E-state index contributed by atoms with van der Waals surface area (Å²) in [7, 11) is 0. The van der Waals surface area contributed by atoms with Crippen LogP contribution in [-0.2, 0) is 0 Å². The van der Waals surface area contributed by atoms with E-state index in [9.17, 15) is 9.18 Å². The lowest BCUT2D eigenvalue weighted by Crippen LogP contribution is -2.08. The van der Waals surface area contributed by atoms with Crippen LogP contribution in [0, 0.1) is 12.7 Å². The highest BCUT2D eigenvalue weighted by Crippen LogP contribution is 2.14. The van der Waals surface area contributed by atoms with Crippen LogP contribution < -0.4 is 5.73 Å². The predicted molar refractivity (Wildman–Crippen MR) is 40.3 cm³/mol. The molecule has 0 unspecified atom stereocenters. The third-order valence-electron chi connectivity index (χ3n) is 1.32. The molecule has 1 aromatic rings. The van der Waals surface area contributed by atoms with Crippen molar-refractivity contribution in [2.45, 2.75) is 6.92 Å². The summed E-state index contributed by atoms with van der Waals surface area (Å²) >= 11 is 0. The van der Waals surface area contributed by atoms with E-state index >= 15 is 0 Å². The van der Waals surface area contributed by atoms with Gasteiger partial charge >= 0.3 is 5.97 Å². The van der Waals surface area contributed by atoms with Crippen LogP contribution >= 0.6 is 0 Å². The number of anilines is 1. The molecule has 0 aliphatic rings. The van der Waals surface area contributed by atoms with Crippen molar-refractivity contribution in [1.29, 1.82) is 0 Å². The molecule has 5 heteroatoms. The first-order valence-corrected chi connectivity index (χ1v) is 3.18. The summed E-state index contributed by atoms with van der Waals surface area (Å²) in [6.45, 7) is 1.54. The van der Waals surface area contributed by atoms with Gasteiger partial charge in [0.05, 0.1) is 5.69 Å². The molecule has 0 aromatic carbocycles. The summed E-state index contributed by atoms with van der Waals surface area (Å²) in [5, 5.41) is 8.46. The monoisotopic (exact) mass is 170 g/mol. The van der Waals surface area contributed by atoms with Gasteiger partial charge in [0.25, 0.3) is 0 Å². The Balaban J connectivity index is 3.37. The number of nitrogen functional groups attached to an aromatic ring is 1. The van der Waals surface area contributed by atoms with Crippen molar-refractivity contribution in [1.82, 2.24) is 4.98 Å². The molecule has 0 aliphatic heterocycles. The van der Waals surface area contributed by atoms with Gasteiger partial charge in [0.1, 0.15) is 0 Å². The van der Waals surface area contributed by atoms with Crippen LogP contribution in [0.4, 0.5) is 10.1 Å². The molecule has 0 saturated heterocycles. The van der Waals surface area contributed by atoms with Gasteiger partial charge in [-0.05, 0) is 13.0 Å². The minimum atomic E-state index is -1.41. The SMILES string of the molecule is Cc1cc(N)c(F)c(C(=O)O)n1. The first-order valence-electron chi connectivity index (χ1n) is 3.18. The van der Waals surface area contributed by atoms with Crippen LogP contribution in [0.5, 0.6) is 0 Å². The Labute approximate surface area is 67.8 Å². The molecule has 1 aromatic heterocycles. The zero-order valence-electron chi connectivity index (χ0n) is 6.34. The van der Waals surface area contributed by atoms with E-state index < -0.39 is 17.5 Å². The quantitative estimate of drug-likeness (QED) is 0.653. The molecular formula is C7H7FN2O2. The molecule has 0 radical (unpaired) electrons. The minimum Gasteiger partial charge on any atom is -0.476 e. The molecule has 1 rings (SSSR count). The van der Waals surface area contributed by atoms with Crippen molar-refractivity contribution in [3.63, 3.8) is 0 Å². The number of rotatable bonds is 1. The smallest absolute Gasteiger partial charge is 0.357 e. The number of halogens is 1. The highest BCUT2D eigenvalue weighted by Gasteiger charge is 2.14. The third kappa shape index (κ3) is 1.34. The van der Waals surface area contributed by atoms with Crippen molar-refractivity contribution < 1.29 is 14.3 Å². The minimum absolute atomic E-state index is 0.195. The molecule has 0 bridgehead atoms. The third-order valence-corrected chi connectivity index (χ3v) is 1.32. The Kier molecular flexibility index (Phi) is 1.95. The number of hydrogen-bond acceptors (Lipinski definition) is 3. The zero-order valence-corrected chi connectivity index (χ0v) is 6.34. The van der Waals surface area contributed by atoms with Gasteiger partial charge in [0.15, 0.2) is 11.5 Å². The summed E-state index contributed by atoms with van der Waals surface area (Å²) in [6, 6.07) is 1.28. The van der Waals surface area contributed by atoms with Crippen LogP contribution in [0.25, 0.3) is 0 Å². The maximum absolute atomic E-state index is 12.9. The topological polar surface area (TPSA) is 76.2 Å². The summed E-state index contributed by atoms with van der Waals surface area (Å²) in [4.78, 5) is 13.8. The fraction of sp³-hybridized carbons (Fsp3) is 0.143. The summed E-state index contributed by atoms with van der Waals surface area (Å²) in [5.41, 5.74) is 4.74. The van der Waals surface area contributed by atoms with E-state index in [4.69, 9.17) is 10.8 Å². The van der Waals surface area contributed by atoms with Gasteiger partial charge in [-0.1, -0.05) is 0 Å². The standard InChI is InChI=1S/C7H7FN2O2/c1-3-2-4(9)5(8)6(10-3)7(11)12/h2H,1H3,(H2,9,10)(H,11,12). The molecular weight excluding hydrogens is 163 g/mol. The fourth-order valence-corrected chi connectivity index (χ4v) is 0.825. The largest absolute Gasteiger partial charge is 0.476 e. The van der Waals surface area contributed by atoms with Crippen LogP contribution in [0.1, 0.15) is 16.2 Å². The normalized spacial score (nSPS) is 9.83. The Bertz CT molecular complexity index is 338. The van der Waals surface area contributed by atoms with E-state index in [1.54, 1.807) is 6.92 Å². The fourth-order valence-electron chi connectivity index (χ4n) is 0.825. The lowest BCUT2D eigenvalue weighted by molar-refractivity contribution is 0.0685. The second-order valence-corrected chi connectivity index (χ2v) is 2.32. The number of aromatic nitrogens is 1. The second-order valence-electron chi connectivity index (χ2n) is 2.32. The Morgan fingerprint density at radius 2 is 2.33 bits per heavy atom. The summed E-state index contributed by atoms with van der Waals surface area (Å²) < 4.78 is 12.9. The number of carbonyl (C=O) groups is 1. The molecule has 0 spiro atoms. The number of nitrogens with two attached hydrogens (primary N) is 1. The second kappa shape index (κ2) is 2.77. The van der Waals surface area contributed by atoms with E-state index in [0.29, 0.717) is 5.69 Å². The highest BCUT2D eigenvalue weighted by atomic mass is 19.1. The van der Waals surface area contributed by atoms with E-state index in [2.05, 4.69) is 4.98 Å². The van der Waals surface area contributed by atoms with Crippen LogP contribution in [0.3, 0.4) is 0 Å². The molecule has 12 heavy (non-hydrogen) atoms. The van der Waals surface area contributed by atoms with Gasteiger partial charge in [0.2, 0.25) is 0 Å². The number of hydrogen-bond donors (Lipinski definition) is 2. The van der Waals surface area contributed by atoms with Crippen molar-refractivity contribution >= 4 is 11.7 Å². The van der Waals surface area contributed by atoms with Crippen molar-refractivity contribution in [3.8, 4) is 0 Å². The molecule has 3 N–H and O–H groups in total. The molecule has 0 fully saturated rings.